The molecule has 1 atom stereocenters. The quantitative estimate of drug-likeness (QED) is 0.514. The van der Waals surface area contributed by atoms with Gasteiger partial charge in [0, 0.05) is 18.0 Å². The lowest BCUT2D eigenvalue weighted by molar-refractivity contribution is -0.113. The van der Waals surface area contributed by atoms with Gasteiger partial charge >= 0.3 is 0 Å². The summed E-state index contributed by atoms with van der Waals surface area (Å²) in [6, 6.07) is 17.4. The molecule has 166 valence electrons. The molecule has 2 aromatic carbocycles. The highest BCUT2D eigenvalue weighted by Crippen LogP contribution is 2.34. The number of rotatable bonds is 7. The molecular weight excluding hydrogens is 440 g/mol. The van der Waals surface area contributed by atoms with Gasteiger partial charge in [0.15, 0.2) is 11.5 Å². The minimum Gasteiger partial charge on any atom is -0.454 e. The molecule has 0 spiro atoms. The van der Waals surface area contributed by atoms with Crippen LogP contribution in [0.1, 0.15) is 34.5 Å². The molecule has 0 bridgehead atoms. The van der Waals surface area contributed by atoms with E-state index in [1.54, 1.807) is 48.7 Å². The normalized spacial score (nSPS) is 12.5. The number of benzene rings is 2. The number of hydrogen-bond acceptors (Lipinski definition) is 7. The molecule has 1 aliphatic heterocycles. The van der Waals surface area contributed by atoms with Crippen LogP contribution in [-0.4, -0.2) is 29.3 Å². The second-order valence-electron chi connectivity index (χ2n) is 7.19. The zero-order chi connectivity index (χ0) is 23.2. The van der Waals surface area contributed by atoms with Gasteiger partial charge in [-0.25, -0.2) is 4.98 Å². The van der Waals surface area contributed by atoms with Crippen molar-refractivity contribution < 1.29 is 19.1 Å². The van der Waals surface area contributed by atoms with Crippen LogP contribution in [0.5, 0.6) is 11.5 Å². The van der Waals surface area contributed by atoms with Crippen molar-refractivity contribution in [2.45, 2.75) is 18.0 Å². The molecule has 0 fully saturated rings. The molecule has 9 heteroatoms. The molecule has 33 heavy (non-hydrogen) atoms. The van der Waals surface area contributed by atoms with Crippen LogP contribution in [0, 0.1) is 11.3 Å². The zero-order valence-corrected chi connectivity index (χ0v) is 18.5. The molecule has 2 amide bonds. The maximum atomic E-state index is 12.9. The lowest BCUT2D eigenvalue weighted by Crippen LogP contribution is -2.27. The Labute approximate surface area is 194 Å². The predicted octanol–water partition coefficient (Wildman–Crippen LogP) is 3.90. The molecule has 4 rings (SSSR count). The highest BCUT2D eigenvalue weighted by atomic mass is 32.2. The van der Waals surface area contributed by atoms with E-state index < -0.39 is 0 Å². The minimum atomic E-state index is -0.293. The van der Waals surface area contributed by atoms with Gasteiger partial charge in [-0.15, -0.1) is 0 Å². The second kappa shape index (κ2) is 10.1. The van der Waals surface area contributed by atoms with Gasteiger partial charge in [0.2, 0.25) is 12.7 Å². The molecule has 0 aliphatic carbocycles. The topological polar surface area (TPSA) is 113 Å². The van der Waals surface area contributed by atoms with E-state index in [4.69, 9.17) is 14.7 Å². The summed E-state index contributed by atoms with van der Waals surface area (Å²) in [5.41, 5.74) is 2.42. The monoisotopic (exact) mass is 460 g/mol. The maximum Gasteiger partial charge on any atom is 0.254 e. The Kier molecular flexibility index (Phi) is 6.76. The predicted molar refractivity (Wildman–Crippen MR) is 123 cm³/mol. The van der Waals surface area contributed by atoms with E-state index in [-0.39, 0.29) is 30.4 Å². The number of ether oxygens (including phenoxy) is 2. The van der Waals surface area contributed by atoms with Crippen molar-refractivity contribution in [1.29, 1.82) is 5.26 Å². The van der Waals surface area contributed by atoms with E-state index in [1.807, 2.05) is 19.1 Å². The van der Waals surface area contributed by atoms with Crippen LogP contribution >= 0.6 is 11.8 Å². The number of nitrogens with one attached hydrogen (secondary N) is 2. The molecule has 0 saturated carbocycles. The summed E-state index contributed by atoms with van der Waals surface area (Å²) in [6.45, 7) is 2.03. The van der Waals surface area contributed by atoms with Crippen molar-refractivity contribution in [2.75, 3.05) is 17.9 Å². The van der Waals surface area contributed by atoms with Crippen molar-refractivity contribution in [2.24, 2.45) is 0 Å². The number of amides is 2. The van der Waals surface area contributed by atoms with E-state index in [9.17, 15) is 9.59 Å². The van der Waals surface area contributed by atoms with Crippen LogP contribution in [0.25, 0.3) is 0 Å². The van der Waals surface area contributed by atoms with Crippen LogP contribution in [0.3, 0.4) is 0 Å². The van der Waals surface area contributed by atoms with Gasteiger partial charge in [0.1, 0.15) is 5.03 Å². The number of hydrogen-bond donors (Lipinski definition) is 2. The van der Waals surface area contributed by atoms with Crippen LogP contribution in [-0.2, 0) is 4.79 Å². The highest BCUT2D eigenvalue weighted by Gasteiger charge is 2.18. The Morgan fingerprint density at radius 3 is 2.73 bits per heavy atom. The van der Waals surface area contributed by atoms with E-state index in [2.05, 4.69) is 21.7 Å². The second-order valence-corrected chi connectivity index (χ2v) is 8.15. The van der Waals surface area contributed by atoms with Crippen molar-refractivity contribution in [3.63, 3.8) is 0 Å². The fraction of sp³-hybridized carbons (Fsp3) is 0.167. The molecule has 3 aromatic rings. The summed E-state index contributed by atoms with van der Waals surface area (Å²) in [4.78, 5) is 29.6. The first-order valence-corrected chi connectivity index (χ1v) is 11.1. The van der Waals surface area contributed by atoms with Crippen LogP contribution in [0.4, 0.5) is 5.69 Å². The average molecular weight is 461 g/mol. The van der Waals surface area contributed by atoms with E-state index >= 15 is 0 Å². The molecule has 1 aliphatic rings. The number of fused-ring (bicyclic) bond motifs is 1. The van der Waals surface area contributed by atoms with Gasteiger partial charge in [-0.3, -0.25) is 9.59 Å². The molecule has 2 N–H and O–H groups in total. The summed E-state index contributed by atoms with van der Waals surface area (Å²) in [6.07, 6.45) is 1.58. The third kappa shape index (κ3) is 5.42. The lowest BCUT2D eigenvalue weighted by atomic mass is 10.1. The number of carbonyl (C=O) groups excluding carboxylic acids is 2. The van der Waals surface area contributed by atoms with Crippen LogP contribution in [0.2, 0.25) is 0 Å². The largest absolute Gasteiger partial charge is 0.454 e. The van der Waals surface area contributed by atoms with Crippen molar-refractivity contribution in [3.05, 3.63) is 77.5 Å². The molecule has 0 saturated heterocycles. The number of nitrogens with zero attached hydrogens (tertiary/aromatic N) is 2. The fourth-order valence-electron chi connectivity index (χ4n) is 3.19. The standard InChI is InChI=1S/C24H20N4O4S/c1-15(17-6-4-16(12-25)5-7-17)27-23(30)19-3-2-10-26-24(19)33-13-22(29)28-18-8-9-20-21(11-18)32-14-31-20/h2-11,15H,13-14H2,1H3,(H,27,30)(H,28,29). The Morgan fingerprint density at radius 2 is 1.94 bits per heavy atom. The summed E-state index contributed by atoms with van der Waals surface area (Å²) in [5, 5.41) is 15.1. The van der Waals surface area contributed by atoms with Crippen molar-refractivity contribution in [3.8, 4) is 17.6 Å². The zero-order valence-electron chi connectivity index (χ0n) is 17.7. The van der Waals surface area contributed by atoms with E-state index in [0.29, 0.717) is 33.3 Å². The summed E-state index contributed by atoms with van der Waals surface area (Å²) < 4.78 is 10.6. The van der Waals surface area contributed by atoms with Gasteiger partial charge < -0.3 is 20.1 Å². The Balaban J connectivity index is 1.36. The third-order valence-corrected chi connectivity index (χ3v) is 5.90. The van der Waals surface area contributed by atoms with E-state index in [1.165, 1.54) is 11.8 Å². The molecular formula is C24H20N4O4S. The van der Waals surface area contributed by atoms with Crippen LogP contribution in [0.15, 0.2) is 65.8 Å². The number of anilines is 1. The molecule has 8 nitrogen and oxygen atoms in total. The van der Waals surface area contributed by atoms with Crippen molar-refractivity contribution in [1.82, 2.24) is 10.3 Å². The SMILES string of the molecule is CC(NC(=O)c1cccnc1SCC(=O)Nc1ccc2c(c1)OCO2)c1ccc(C#N)cc1. The number of nitriles is 1. The van der Waals surface area contributed by atoms with Gasteiger partial charge in [-0.05, 0) is 48.9 Å². The number of carbonyl (C=O) groups is 2. The maximum absolute atomic E-state index is 12.9. The molecule has 2 heterocycles. The van der Waals surface area contributed by atoms with Gasteiger partial charge in [0.25, 0.3) is 5.91 Å². The summed E-state index contributed by atoms with van der Waals surface area (Å²) in [7, 11) is 0. The van der Waals surface area contributed by atoms with Gasteiger partial charge in [0.05, 0.1) is 29.0 Å². The third-order valence-electron chi connectivity index (χ3n) is 4.90. The molecule has 1 aromatic heterocycles. The summed E-state index contributed by atoms with van der Waals surface area (Å²) in [5.74, 6) is 0.777. The smallest absolute Gasteiger partial charge is 0.254 e. The average Bonchev–Trinajstić information content (AvgIpc) is 3.31. The van der Waals surface area contributed by atoms with E-state index in [0.717, 1.165) is 5.56 Å². The summed E-state index contributed by atoms with van der Waals surface area (Å²) >= 11 is 1.18. The first-order chi connectivity index (χ1) is 16.0. The number of aromatic nitrogens is 1. The fourth-order valence-corrected chi connectivity index (χ4v) is 3.98. The molecule has 0 radical (unpaired) electrons. The first kappa shape index (κ1) is 22.2. The number of thioether (sulfide) groups is 1. The highest BCUT2D eigenvalue weighted by molar-refractivity contribution is 8.00. The first-order valence-electron chi connectivity index (χ1n) is 10.1. The molecule has 1 unspecified atom stereocenters. The Morgan fingerprint density at radius 1 is 1.15 bits per heavy atom. The number of pyridine rings is 1. The Hall–Kier alpha value is -4.03. The Bertz CT molecular complexity index is 1220. The van der Waals surface area contributed by atoms with Gasteiger partial charge in [-0.2, -0.15) is 5.26 Å². The minimum absolute atomic E-state index is 0.0803. The lowest BCUT2D eigenvalue weighted by Gasteiger charge is -2.15. The van der Waals surface area contributed by atoms with Crippen LogP contribution < -0.4 is 20.1 Å². The van der Waals surface area contributed by atoms with Gasteiger partial charge in [-0.1, -0.05) is 23.9 Å². The van der Waals surface area contributed by atoms with Crippen molar-refractivity contribution >= 4 is 29.3 Å².